The molecule has 30 heavy (non-hydrogen) atoms. The number of hydrogen-bond donors (Lipinski definition) is 1. The molecule has 3 heterocycles. The number of nitrogens with one attached hydrogen (secondary N) is 1. The Morgan fingerprint density at radius 2 is 1.87 bits per heavy atom. The van der Waals surface area contributed by atoms with Crippen molar-refractivity contribution in [2.75, 3.05) is 42.9 Å². The van der Waals surface area contributed by atoms with Crippen LogP contribution in [0.1, 0.15) is 5.56 Å². The van der Waals surface area contributed by atoms with Gasteiger partial charge in [-0.1, -0.05) is 11.6 Å². The van der Waals surface area contributed by atoms with Crippen molar-refractivity contribution in [2.24, 2.45) is 0 Å². The molecular formula is C20H20ClF3N6. The van der Waals surface area contributed by atoms with E-state index in [0.717, 1.165) is 0 Å². The first-order valence-corrected chi connectivity index (χ1v) is 9.92. The van der Waals surface area contributed by atoms with Gasteiger partial charge in [0.1, 0.15) is 11.3 Å². The monoisotopic (exact) mass is 436 g/mol. The van der Waals surface area contributed by atoms with E-state index in [1.165, 1.54) is 12.1 Å². The van der Waals surface area contributed by atoms with Crippen LogP contribution in [0, 0.1) is 5.82 Å². The summed E-state index contributed by atoms with van der Waals surface area (Å²) in [6.07, 6.45) is 0.680. The van der Waals surface area contributed by atoms with Gasteiger partial charge in [0.2, 0.25) is 0 Å². The molecule has 0 spiro atoms. The molecule has 158 valence electrons. The Kier molecular flexibility index (Phi) is 6.19. The Hall–Kier alpha value is -2.65. The largest absolute Gasteiger partial charge is 0.361 e. The van der Waals surface area contributed by atoms with Crippen molar-refractivity contribution in [3.8, 4) is 0 Å². The minimum atomic E-state index is -2.50. The van der Waals surface area contributed by atoms with Crippen molar-refractivity contribution < 1.29 is 13.2 Å². The highest BCUT2D eigenvalue weighted by molar-refractivity contribution is 6.30. The molecule has 3 aromatic rings. The van der Waals surface area contributed by atoms with E-state index < -0.39 is 13.0 Å². The number of halogens is 4. The standard InChI is InChI=1S/C20H20ClF3N6/c21-14-1-2-15(22)13(9-14)12-29-5-7-30(8-6-29)20-19(26-11-18(23)24)27-16-3-4-25-10-17(16)28-20/h1-4,9-10,18H,5-8,11-12H2,(H,26,27). The first kappa shape index (κ1) is 20.6. The van der Waals surface area contributed by atoms with E-state index in [0.29, 0.717) is 66.0 Å². The van der Waals surface area contributed by atoms with Crippen molar-refractivity contribution in [2.45, 2.75) is 13.0 Å². The third-order valence-electron chi connectivity index (χ3n) is 4.95. The summed E-state index contributed by atoms with van der Waals surface area (Å²) in [7, 11) is 0. The SMILES string of the molecule is Fc1ccc(Cl)cc1CN1CCN(c2nc3cnccc3nc2NCC(F)F)CC1. The fourth-order valence-electron chi connectivity index (χ4n) is 3.43. The lowest BCUT2D eigenvalue weighted by Gasteiger charge is -2.36. The molecule has 4 rings (SSSR count). The molecule has 0 aliphatic carbocycles. The maximum absolute atomic E-state index is 14.0. The normalized spacial score (nSPS) is 15.2. The lowest BCUT2D eigenvalue weighted by atomic mass is 10.2. The third kappa shape index (κ3) is 4.73. The average Bonchev–Trinajstić information content (AvgIpc) is 2.75. The molecular weight excluding hydrogens is 417 g/mol. The van der Waals surface area contributed by atoms with Gasteiger partial charge in [-0.2, -0.15) is 0 Å². The number of nitrogens with zero attached hydrogens (tertiary/aromatic N) is 5. The first-order chi connectivity index (χ1) is 14.5. The van der Waals surface area contributed by atoms with Gasteiger partial charge in [-0.15, -0.1) is 0 Å². The van der Waals surface area contributed by atoms with Gasteiger partial charge in [-0.3, -0.25) is 9.88 Å². The Morgan fingerprint density at radius 1 is 1.07 bits per heavy atom. The summed E-state index contributed by atoms with van der Waals surface area (Å²) in [6.45, 7) is 2.47. The van der Waals surface area contributed by atoms with Gasteiger partial charge < -0.3 is 10.2 Å². The van der Waals surface area contributed by atoms with Crippen molar-refractivity contribution in [1.82, 2.24) is 19.9 Å². The molecule has 0 radical (unpaired) electrons. The van der Waals surface area contributed by atoms with Crippen LogP contribution in [-0.4, -0.2) is 59.0 Å². The minimum Gasteiger partial charge on any atom is -0.361 e. The van der Waals surface area contributed by atoms with Crippen molar-refractivity contribution >= 4 is 34.3 Å². The van der Waals surface area contributed by atoms with Crippen LogP contribution in [0.25, 0.3) is 11.0 Å². The van der Waals surface area contributed by atoms with Gasteiger partial charge in [0, 0.05) is 49.5 Å². The number of aromatic nitrogens is 3. The number of alkyl halides is 2. The second-order valence-corrected chi connectivity index (χ2v) is 7.47. The minimum absolute atomic E-state index is 0.284. The third-order valence-corrected chi connectivity index (χ3v) is 5.18. The van der Waals surface area contributed by atoms with Crippen LogP contribution >= 0.6 is 11.6 Å². The smallest absolute Gasteiger partial charge is 0.255 e. The molecule has 1 fully saturated rings. The van der Waals surface area contributed by atoms with Crippen LogP contribution in [0.3, 0.4) is 0 Å². The Morgan fingerprint density at radius 3 is 2.63 bits per heavy atom. The molecule has 6 nitrogen and oxygen atoms in total. The summed E-state index contributed by atoms with van der Waals surface area (Å²) in [5.41, 5.74) is 1.73. The number of rotatable bonds is 6. The van der Waals surface area contributed by atoms with Gasteiger partial charge in [-0.05, 0) is 24.3 Å². The highest BCUT2D eigenvalue weighted by Crippen LogP contribution is 2.26. The molecule has 1 N–H and O–H groups in total. The number of fused-ring (bicyclic) bond motifs is 1. The van der Waals surface area contributed by atoms with Crippen LogP contribution in [0.4, 0.5) is 24.8 Å². The van der Waals surface area contributed by atoms with Crippen LogP contribution in [0.2, 0.25) is 5.02 Å². The molecule has 0 amide bonds. The molecule has 0 bridgehead atoms. The van der Waals surface area contributed by atoms with Crippen LogP contribution < -0.4 is 10.2 Å². The number of hydrogen-bond acceptors (Lipinski definition) is 6. The van der Waals surface area contributed by atoms with E-state index in [-0.39, 0.29) is 5.82 Å². The van der Waals surface area contributed by atoms with Gasteiger partial charge in [0.05, 0.1) is 18.3 Å². The van der Waals surface area contributed by atoms with E-state index in [1.807, 2.05) is 4.90 Å². The maximum atomic E-state index is 14.0. The van der Waals surface area contributed by atoms with Gasteiger partial charge in [0.25, 0.3) is 6.43 Å². The molecule has 0 saturated carbocycles. The molecule has 2 aromatic heterocycles. The number of piperazine rings is 1. The van der Waals surface area contributed by atoms with Crippen LogP contribution in [-0.2, 0) is 6.54 Å². The molecule has 1 aromatic carbocycles. The maximum Gasteiger partial charge on any atom is 0.255 e. The molecule has 0 unspecified atom stereocenters. The van der Waals surface area contributed by atoms with Gasteiger partial charge in [-0.25, -0.2) is 23.1 Å². The lowest BCUT2D eigenvalue weighted by molar-refractivity contribution is 0.163. The van der Waals surface area contributed by atoms with Crippen LogP contribution in [0.15, 0.2) is 36.7 Å². The fourth-order valence-corrected chi connectivity index (χ4v) is 3.63. The summed E-state index contributed by atoms with van der Waals surface area (Å²) >= 11 is 5.98. The van der Waals surface area contributed by atoms with Crippen molar-refractivity contribution in [1.29, 1.82) is 0 Å². The molecule has 1 aliphatic rings. The molecule has 1 aliphatic heterocycles. The number of pyridine rings is 1. The summed E-state index contributed by atoms with van der Waals surface area (Å²) in [4.78, 5) is 17.3. The van der Waals surface area contributed by atoms with Crippen molar-refractivity contribution in [3.63, 3.8) is 0 Å². The fraction of sp³-hybridized carbons (Fsp3) is 0.350. The van der Waals surface area contributed by atoms with E-state index in [2.05, 4.69) is 25.2 Å². The first-order valence-electron chi connectivity index (χ1n) is 9.54. The predicted molar refractivity (Wildman–Crippen MR) is 111 cm³/mol. The summed E-state index contributed by atoms with van der Waals surface area (Å²) < 4.78 is 39.5. The molecule has 10 heteroatoms. The summed E-state index contributed by atoms with van der Waals surface area (Å²) in [6, 6.07) is 6.22. The number of anilines is 2. The van der Waals surface area contributed by atoms with E-state index in [4.69, 9.17) is 11.6 Å². The van der Waals surface area contributed by atoms with E-state index >= 15 is 0 Å². The lowest BCUT2D eigenvalue weighted by Crippen LogP contribution is -2.46. The van der Waals surface area contributed by atoms with Gasteiger partial charge >= 0.3 is 0 Å². The topological polar surface area (TPSA) is 57.2 Å². The predicted octanol–water partition coefficient (Wildman–Crippen LogP) is 3.82. The number of benzene rings is 1. The van der Waals surface area contributed by atoms with E-state index in [1.54, 1.807) is 24.5 Å². The molecule has 0 atom stereocenters. The summed E-state index contributed by atoms with van der Waals surface area (Å²) in [5.74, 6) is 0.557. The highest BCUT2D eigenvalue weighted by Gasteiger charge is 2.23. The quantitative estimate of drug-likeness (QED) is 0.634. The Bertz CT molecular complexity index is 1030. The van der Waals surface area contributed by atoms with Gasteiger partial charge in [0.15, 0.2) is 11.6 Å². The van der Waals surface area contributed by atoms with E-state index in [9.17, 15) is 13.2 Å². The summed E-state index contributed by atoms with van der Waals surface area (Å²) in [5, 5.41) is 3.20. The van der Waals surface area contributed by atoms with Crippen molar-refractivity contribution in [3.05, 3.63) is 53.1 Å². The average molecular weight is 437 g/mol. The second-order valence-electron chi connectivity index (χ2n) is 7.03. The Balaban J connectivity index is 1.50. The zero-order valence-electron chi connectivity index (χ0n) is 16.0. The second kappa shape index (κ2) is 9.01. The molecule has 1 saturated heterocycles. The Labute approximate surface area is 176 Å². The highest BCUT2D eigenvalue weighted by atomic mass is 35.5. The zero-order valence-corrected chi connectivity index (χ0v) is 16.8. The zero-order chi connectivity index (χ0) is 21.1. The van der Waals surface area contributed by atoms with Crippen LogP contribution in [0.5, 0.6) is 0 Å².